The van der Waals surface area contributed by atoms with Gasteiger partial charge in [-0.2, -0.15) is 0 Å². The molecule has 1 fully saturated rings. The zero-order chi connectivity index (χ0) is 12.6. The molecular weight excluding hydrogens is 212 g/mol. The van der Waals surface area contributed by atoms with Gasteiger partial charge in [0.05, 0.1) is 5.56 Å². The number of nitrogens with one attached hydrogen (secondary N) is 1. The number of carbonyl (C=O) groups is 1. The molecule has 3 N–H and O–H groups in total. The summed E-state index contributed by atoms with van der Waals surface area (Å²) in [6.07, 6.45) is 2.41. The molecule has 0 aromatic heterocycles. The van der Waals surface area contributed by atoms with Gasteiger partial charge < -0.3 is 11.1 Å². The standard InChI is InChI=1S/C14H20N2O/c1-9-5-4-6-11(12(9)15)13(17)16-14(2,3)10-7-8-10/h4-6,10H,7-8,15H2,1-3H3,(H,16,17). The van der Waals surface area contributed by atoms with Crippen molar-refractivity contribution in [1.82, 2.24) is 5.32 Å². The van der Waals surface area contributed by atoms with Gasteiger partial charge in [0.15, 0.2) is 0 Å². The van der Waals surface area contributed by atoms with E-state index in [1.807, 2.05) is 19.1 Å². The molecule has 0 heterocycles. The second-order valence-electron chi connectivity index (χ2n) is 5.49. The SMILES string of the molecule is Cc1cccc(C(=O)NC(C)(C)C2CC2)c1N. The molecule has 1 amide bonds. The summed E-state index contributed by atoms with van der Waals surface area (Å²) in [4.78, 5) is 12.2. The Morgan fingerprint density at radius 2 is 2.06 bits per heavy atom. The van der Waals surface area contributed by atoms with Gasteiger partial charge >= 0.3 is 0 Å². The van der Waals surface area contributed by atoms with Gasteiger partial charge in [-0.3, -0.25) is 4.79 Å². The maximum Gasteiger partial charge on any atom is 0.253 e. The molecule has 0 bridgehead atoms. The van der Waals surface area contributed by atoms with Gasteiger partial charge in [-0.05, 0) is 51.2 Å². The predicted octanol–water partition coefficient (Wildman–Crippen LogP) is 2.50. The Balaban J connectivity index is 2.17. The van der Waals surface area contributed by atoms with E-state index < -0.39 is 0 Å². The summed E-state index contributed by atoms with van der Waals surface area (Å²) in [5.74, 6) is 0.542. The zero-order valence-corrected chi connectivity index (χ0v) is 10.7. The summed E-state index contributed by atoms with van der Waals surface area (Å²) in [5.41, 5.74) is 7.91. The Labute approximate surface area is 102 Å². The highest BCUT2D eigenvalue weighted by atomic mass is 16.1. The molecule has 3 nitrogen and oxygen atoms in total. The molecule has 1 aromatic rings. The minimum Gasteiger partial charge on any atom is -0.398 e. The van der Waals surface area contributed by atoms with E-state index in [4.69, 9.17) is 5.73 Å². The van der Waals surface area contributed by atoms with Crippen LogP contribution < -0.4 is 11.1 Å². The summed E-state index contributed by atoms with van der Waals surface area (Å²) >= 11 is 0. The van der Waals surface area contributed by atoms with E-state index in [2.05, 4.69) is 19.2 Å². The van der Waals surface area contributed by atoms with Crippen molar-refractivity contribution in [3.63, 3.8) is 0 Å². The van der Waals surface area contributed by atoms with E-state index in [1.54, 1.807) is 6.07 Å². The average Bonchev–Trinajstić information content (AvgIpc) is 3.04. The number of anilines is 1. The molecule has 0 spiro atoms. The van der Waals surface area contributed by atoms with Crippen molar-refractivity contribution in [3.05, 3.63) is 29.3 Å². The van der Waals surface area contributed by atoms with E-state index >= 15 is 0 Å². The third-order valence-corrected chi connectivity index (χ3v) is 3.60. The molecule has 17 heavy (non-hydrogen) atoms. The number of benzene rings is 1. The first-order chi connectivity index (χ1) is 7.92. The molecule has 0 radical (unpaired) electrons. The number of para-hydroxylation sites is 1. The van der Waals surface area contributed by atoms with Crippen LogP contribution >= 0.6 is 0 Å². The van der Waals surface area contributed by atoms with Gasteiger partial charge in [0.2, 0.25) is 0 Å². The normalized spacial score (nSPS) is 15.7. The van der Waals surface area contributed by atoms with Gasteiger partial charge in [-0.15, -0.1) is 0 Å². The van der Waals surface area contributed by atoms with Gasteiger partial charge in [0.1, 0.15) is 0 Å². The molecule has 0 aliphatic heterocycles. The lowest BCUT2D eigenvalue weighted by atomic mass is 9.97. The number of hydrogen-bond donors (Lipinski definition) is 2. The molecular formula is C14H20N2O. The van der Waals surface area contributed by atoms with E-state index in [0.29, 0.717) is 17.2 Å². The van der Waals surface area contributed by atoms with Crippen LogP contribution in [0.25, 0.3) is 0 Å². The van der Waals surface area contributed by atoms with Crippen LogP contribution in [0.3, 0.4) is 0 Å². The van der Waals surface area contributed by atoms with Crippen molar-refractivity contribution in [2.24, 2.45) is 5.92 Å². The maximum atomic E-state index is 12.2. The van der Waals surface area contributed by atoms with Crippen molar-refractivity contribution in [2.75, 3.05) is 5.73 Å². The lowest BCUT2D eigenvalue weighted by Crippen LogP contribution is -2.45. The number of amides is 1. The summed E-state index contributed by atoms with van der Waals surface area (Å²) < 4.78 is 0. The first-order valence-corrected chi connectivity index (χ1v) is 6.09. The number of nitrogen functional groups attached to an aromatic ring is 1. The monoisotopic (exact) mass is 232 g/mol. The molecule has 3 heteroatoms. The van der Waals surface area contributed by atoms with Crippen LogP contribution in [0.4, 0.5) is 5.69 Å². The Kier molecular flexibility index (Phi) is 2.86. The van der Waals surface area contributed by atoms with Crippen molar-refractivity contribution >= 4 is 11.6 Å². The van der Waals surface area contributed by atoms with E-state index in [9.17, 15) is 4.79 Å². The fourth-order valence-corrected chi connectivity index (χ4v) is 2.15. The molecule has 1 saturated carbocycles. The van der Waals surface area contributed by atoms with Crippen LogP contribution in [0.15, 0.2) is 18.2 Å². The number of aryl methyl sites for hydroxylation is 1. The third-order valence-electron chi connectivity index (χ3n) is 3.60. The van der Waals surface area contributed by atoms with Crippen LogP contribution in [-0.4, -0.2) is 11.4 Å². The minimum absolute atomic E-state index is 0.0666. The molecule has 1 aliphatic rings. The van der Waals surface area contributed by atoms with Crippen LogP contribution in [0.5, 0.6) is 0 Å². The van der Waals surface area contributed by atoms with Crippen LogP contribution in [0, 0.1) is 12.8 Å². The van der Waals surface area contributed by atoms with Gasteiger partial charge in [-0.1, -0.05) is 12.1 Å². The highest BCUT2D eigenvalue weighted by Gasteiger charge is 2.39. The number of nitrogens with two attached hydrogens (primary N) is 1. The van der Waals surface area contributed by atoms with Crippen LogP contribution in [0.2, 0.25) is 0 Å². The Hall–Kier alpha value is -1.51. The van der Waals surface area contributed by atoms with Crippen molar-refractivity contribution in [3.8, 4) is 0 Å². The van der Waals surface area contributed by atoms with Crippen LogP contribution in [0.1, 0.15) is 42.6 Å². The second kappa shape index (κ2) is 4.06. The lowest BCUT2D eigenvalue weighted by Gasteiger charge is -2.26. The van der Waals surface area contributed by atoms with Crippen LogP contribution in [-0.2, 0) is 0 Å². The molecule has 2 rings (SSSR count). The van der Waals surface area contributed by atoms with Gasteiger partial charge in [-0.25, -0.2) is 0 Å². The summed E-state index contributed by atoms with van der Waals surface area (Å²) in [6, 6.07) is 5.56. The quantitative estimate of drug-likeness (QED) is 0.787. The number of carbonyl (C=O) groups excluding carboxylic acids is 1. The Morgan fingerprint density at radius 3 is 2.65 bits per heavy atom. The average molecular weight is 232 g/mol. The summed E-state index contributed by atoms with van der Waals surface area (Å²) in [6.45, 7) is 6.07. The van der Waals surface area contributed by atoms with Crippen molar-refractivity contribution in [1.29, 1.82) is 0 Å². The molecule has 92 valence electrons. The Bertz CT molecular complexity index is 448. The summed E-state index contributed by atoms with van der Waals surface area (Å²) in [7, 11) is 0. The molecule has 1 aliphatic carbocycles. The zero-order valence-electron chi connectivity index (χ0n) is 10.7. The number of hydrogen-bond acceptors (Lipinski definition) is 2. The van der Waals surface area contributed by atoms with E-state index in [0.717, 1.165) is 5.56 Å². The molecule has 0 unspecified atom stereocenters. The maximum absolute atomic E-state index is 12.2. The molecule has 1 aromatic carbocycles. The minimum atomic E-state index is -0.132. The summed E-state index contributed by atoms with van der Waals surface area (Å²) in [5, 5.41) is 3.08. The largest absolute Gasteiger partial charge is 0.398 e. The first kappa shape index (κ1) is 12.0. The lowest BCUT2D eigenvalue weighted by molar-refractivity contribution is 0.0904. The smallest absolute Gasteiger partial charge is 0.253 e. The van der Waals surface area contributed by atoms with E-state index in [-0.39, 0.29) is 11.4 Å². The topological polar surface area (TPSA) is 55.1 Å². The molecule has 0 atom stereocenters. The van der Waals surface area contributed by atoms with Gasteiger partial charge in [0, 0.05) is 11.2 Å². The Morgan fingerprint density at radius 1 is 1.41 bits per heavy atom. The first-order valence-electron chi connectivity index (χ1n) is 6.09. The number of rotatable bonds is 3. The van der Waals surface area contributed by atoms with Crippen molar-refractivity contribution in [2.45, 2.75) is 39.2 Å². The fraction of sp³-hybridized carbons (Fsp3) is 0.500. The highest BCUT2D eigenvalue weighted by Crippen LogP contribution is 2.39. The highest BCUT2D eigenvalue weighted by molar-refractivity contribution is 6.00. The van der Waals surface area contributed by atoms with E-state index in [1.165, 1.54) is 12.8 Å². The van der Waals surface area contributed by atoms with Gasteiger partial charge in [0.25, 0.3) is 5.91 Å². The second-order valence-corrected chi connectivity index (χ2v) is 5.49. The predicted molar refractivity (Wildman–Crippen MR) is 69.9 cm³/mol. The van der Waals surface area contributed by atoms with Crippen molar-refractivity contribution < 1.29 is 4.79 Å². The fourth-order valence-electron chi connectivity index (χ4n) is 2.15. The third kappa shape index (κ3) is 2.43. The molecule has 0 saturated heterocycles.